The molecule has 2 amide bonds. The number of nitro benzene ring substituents is 1. The zero-order valence-corrected chi connectivity index (χ0v) is 18.2. The summed E-state index contributed by atoms with van der Waals surface area (Å²) in [4.78, 5) is 34.0. The van der Waals surface area contributed by atoms with Gasteiger partial charge in [0.15, 0.2) is 4.33 Å². The number of imide groups is 1. The lowest BCUT2D eigenvalue weighted by molar-refractivity contribution is -0.384. The van der Waals surface area contributed by atoms with E-state index < -0.39 is 42.7 Å². The van der Waals surface area contributed by atoms with Crippen molar-refractivity contribution in [3.8, 4) is 0 Å². The molecule has 2 fully saturated rings. The van der Waals surface area contributed by atoms with Crippen molar-refractivity contribution < 1.29 is 14.5 Å². The number of non-ortho nitro benzene ring substituents is 1. The molecule has 1 aromatic rings. The van der Waals surface area contributed by atoms with Gasteiger partial charge in [0.1, 0.15) is 9.75 Å². The number of fused-ring (bicyclic) bond motifs is 5. The van der Waals surface area contributed by atoms with Gasteiger partial charge in [-0.1, -0.05) is 52.5 Å². The van der Waals surface area contributed by atoms with Crippen LogP contribution in [0.25, 0.3) is 0 Å². The second kappa shape index (κ2) is 5.90. The Morgan fingerprint density at radius 1 is 1.00 bits per heavy atom. The second-order valence-electron chi connectivity index (χ2n) is 6.82. The highest BCUT2D eigenvalue weighted by molar-refractivity contribution is 6.67. The highest BCUT2D eigenvalue weighted by Crippen LogP contribution is 2.77. The minimum Gasteiger partial charge on any atom is -0.274 e. The van der Waals surface area contributed by atoms with Gasteiger partial charge < -0.3 is 0 Å². The average Bonchev–Trinajstić information content (AvgIpc) is 3.00. The quantitative estimate of drug-likeness (QED) is 0.249. The van der Waals surface area contributed by atoms with E-state index in [2.05, 4.69) is 0 Å². The molecule has 1 saturated heterocycles. The van der Waals surface area contributed by atoms with E-state index in [-0.39, 0.29) is 21.4 Å². The Balaban J connectivity index is 1.91. The Morgan fingerprint density at radius 2 is 1.46 bits per heavy atom. The molecule has 4 rings (SSSR count). The maximum absolute atomic E-state index is 13.3. The number of halogens is 6. The van der Waals surface area contributed by atoms with Crippen molar-refractivity contribution in [3.63, 3.8) is 0 Å². The fourth-order valence-corrected chi connectivity index (χ4v) is 7.11. The van der Waals surface area contributed by atoms with Gasteiger partial charge in [-0.25, -0.2) is 4.90 Å². The third-order valence-electron chi connectivity index (χ3n) is 5.55. The lowest BCUT2D eigenvalue weighted by Crippen LogP contribution is -2.50. The molecule has 1 aromatic carbocycles. The van der Waals surface area contributed by atoms with Gasteiger partial charge in [-0.15, -0.1) is 23.2 Å². The number of hydrogen-bond acceptors (Lipinski definition) is 4. The minimum atomic E-state index is -2.03. The number of nitro groups is 1. The van der Waals surface area contributed by atoms with Crippen LogP contribution in [0.15, 0.2) is 28.3 Å². The minimum absolute atomic E-state index is 0.0422. The fraction of sp³-hybridized carbons (Fsp3) is 0.375. The van der Waals surface area contributed by atoms with Gasteiger partial charge in [0.2, 0.25) is 11.8 Å². The van der Waals surface area contributed by atoms with Crippen LogP contribution in [0.1, 0.15) is 5.56 Å². The van der Waals surface area contributed by atoms with E-state index in [0.29, 0.717) is 5.56 Å². The first-order chi connectivity index (χ1) is 12.8. The van der Waals surface area contributed by atoms with Crippen LogP contribution in [0, 0.1) is 28.9 Å². The summed E-state index contributed by atoms with van der Waals surface area (Å²) in [6, 6.07) is 3.81. The number of alkyl halides is 4. The van der Waals surface area contributed by atoms with Crippen LogP contribution in [0.4, 0.5) is 11.4 Å². The summed E-state index contributed by atoms with van der Waals surface area (Å²) in [6.45, 7) is 1.60. The predicted octanol–water partition coefficient (Wildman–Crippen LogP) is 4.85. The zero-order valence-electron chi connectivity index (χ0n) is 13.7. The van der Waals surface area contributed by atoms with Gasteiger partial charge in [-0.05, 0) is 12.5 Å². The summed E-state index contributed by atoms with van der Waals surface area (Å²) in [5, 5.41) is 10.7. The number of aryl methyl sites for hydroxylation is 1. The van der Waals surface area contributed by atoms with Crippen molar-refractivity contribution in [2.24, 2.45) is 11.8 Å². The number of rotatable bonds is 2. The molecule has 0 N–H and O–H groups in total. The summed E-state index contributed by atoms with van der Waals surface area (Å²) in [7, 11) is 0. The van der Waals surface area contributed by atoms with Crippen LogP contribution in [0.5, 0.6) is 0 Å². The Kier molecular flexibility index (Phi) is 4.32. The highest BCUT2D eigenvalue weighted by Gasteiger charge is 2.87. The molecule has 0 aromatic heterocycles. The lowest BCUT2D eigenvalue weighted by Gasteiger charge is -2.34. The SMILES string of the molecule is Cc1ccc([N+](=O)[O-])cc1N1C(=O)[C@@H]2[C@H](C1=O)[C@@]1(Cl)C(Cl)=C(Cl)[C@]2(Cl)C1(Cl)Cl. The van der Waals surface area contributed by atoms with Gasteiger partial charge in [0.25, 0.3) is 5.69 Å². The molecule has 148 valence electrons. The van der Waals surface area contributed by atoms with Crippen LogP contribution in [-0.2, 0) is 9.59 Å². The van der Waals surface area contributed by atoms with Gasteiger partial charge >= 0.3 is 0 Å². The standard InChI is InChI=1S/C16H8Cl6N2O4/c1-5-2-3-6(24(27)28)4-7(5)23-12(25)8-9(13(23)26)15(20)11(18)10(17)14(8,19)16(15,21)22/h2-4,8-9H,1H3/t8-,9+,14-,15+. The molecule has 4 atom stereocenters. The topological polar surface area (TPSA) is 80.5 Å². The number of carbonyl (C=O) groups excluding carboxylic acids is 2. The third-order valence-corrected chi connectivity index (χ3v) is 9.81. The molecular weight excluding hydrogens is 497 g/mol. The highest BCUT2D eigenvalue weighted by atomic mass is 35.5. The summed E-state index contributed by atoms with van der Waals surface area (Å²) >= 11 is 38.5. The zero-order chi connectivity index (χ0) is 21.0. The average molecular weight is 505 g/mol. The van der Waals surface area contributed by atoms with Crippen molar-refractivity contribution in [2.75, 3.05) is 4.90 Å². The van der Waals surface area contributed by atoms with E-state index >= 15 is 0 Å². The third kappa shape index (κ3) is 1.99. The van der Waals surface area contributed by atoms with Crippen LogP contribution in [-0.4, -0.2) is 30.8 Å². The normalized spacial score (nSPS) is 35.8. The van der Waals surface area contributed by atoms with Crippen molar-refractivity contribution in [3.05, 3.63) is 43.9 Å². The molecule has 12 heteroatoms. The summed E-state index contributed by atoms with van der Waals surface area (Å²) in [5.41, 5.74) is 0.209. The predicted molar refractivity (Wildman–Crippen MR) is 108 cm³/mol. The van der Waals surface area contributed by atoms with Crippen LogP contribution >= 0.6 is 69.6 Å². The molecule has 1 aliphatic heterocycles. The largest absolute Gasteiger partial charge is 0.274 e. The number of nitrogens with zero attached hydrogens (tertiary/aromatic N) is 2. The molecule has 3 aliphatic rings. The molecule has 0 spiro atoms. The van der Waals surface area contributed by atoms with Crippen molar-refractivity contribution in [1.29, 1.82) is 0 Å². The second-order valence-corrected chi connectivity index (χ2v) is 10.1. The molecule has 2 bridgehead atoms. The van der Waals surface area contributed by atoms with Crippen LogP contribution in [0.3, 0.4) is 0 Å². The van der Waals surface area contributed by atoms with Gasteiger partial charge in [-0.2, -0.15) is 0 Å². The van der Waals surface area contributed by atoms with Crippen molar-refractivity contribution in [1.82, 2.24) is 0 Å². The Hall–Kier alpha value is -0.760. The molecule has 0 unspecified atom stereocenters. The van der Waals surface area contributed by atoms with Gasteiger partial charge in [-0.3, -0.25) is 19.7 Å². The molecule has 2 aliphatic carbocycles. The van der Waals surface area contributed by atoms with E-state index in [1.165, 1.54) is 12.1 Å². The van der Waals surface area contributed by atoms with E-state index in [1.807, 2.05) is 0 Å². The van der Waals surface area contributed by atoms with Gasteiger partial charge in [0, 0.05) is 12.1 Å². The number of amides is 2. The maximum Gasteiger partial charge on any atom is 0.271 e. The lowest BCUT2D eigenvalue weighted by atomic mass is 9.84. The Morgan fingerprint density at radius 3 is 1.89 bits per heavy atom. The van der Waals surface area contributed by atoms with E-state index in [1.54, 1.807) is 6.92 Å². The number of anilines is 1. The van der Waals surface area contributed by atoms with E-state index in [0.717, 1.165) is 11.0 Å². The summed E-state index contributed by atoms with van der Waals surface area (Å²) in [5.74, 6) is -4.10. The molecule has 1 heterocycles. The molecule has 6 nitrogen and oxygen atoms in total. The van der Waals surface area contributed by atoms with Crippen LogP contribution in [0.2, 0.25) is 0 Å². The maximum atomic E-state index is 13.3. The molecular formula is C16H8Cl6N2O4. The van der Waals surface area contributed by atoms with Crippen molar-refractivity contribution in [2.45, 2.75) is 21.0 Å². The first-order valence-electron chi connectivity index (χ1n) is 7.78. The smallest absolute Gasteiger partial charge is 0.271 e. The first-order valence-corrected chi connectivity index (χ1v) is 10.0. The summed E-state index contributed by atoms with van der Waals surface area (Å²) in [6.07, 6.45) is 0. The van der Waals surface area contributed by atoms with Gasteiger partial charge in [0.05, 0.1) is 32.5 Å². The number of hydrogen-bond donors (Lipinski definition) is 0. The van der Waals surface area contributed by atoms with Crippen molar-refractivity contribution >= 4 is 92.8 Å². The summed E-state index contributed by atoms with van der Waals surface area (Å²) < 4.78 is -2.03. The fourth-order valence-electron chi connectivity index (χ4n) is 4.18. The van der Waals surface area contributed by atoms with E-state index in [9.17, 15) is 19.7 Å². The number of carbonyl (C=O) groups is 2. The van der Waals surface area contributed by atoms with E-state index in [4.69, 9.17) is 69.6 Å². The Bertz CT molecular complexity index is 980. The number of benzene rings is 1. The Labute approximate surface area is 188 Å². The molecule has 28 heavy (non-hydrogen) atoms. The first kappa shape index (κ1) is 20.5. The monoisotopic (exact) mass is 502 g/mol. The van der Waals surface area contributed by atoms with Crippen LogP contribution < -0.4 is 4.90 Å². The molecule has 0 radical (unpaired) electrons. The molecule has 1 saturated carbocycles. The number of allylic oxidation sites excluding steroid dienone is 2.